The van der Waals surface area contributed by atoms with Crippen molar-refractivity contribution in [2.75, 3.05) is 19.5 Å². The Morgan fingerprint density at radius 1 is 1.27 bits per heavy atom. The van der Waals surface area contributed by atoms with Gasteiger partial charge in [-0.3, -0.25) is 4.79 Å². The molecule has 0 bridgehead atoms. The number of hydrogen-bond donors (Lipinski definition) is 1. The maximum Gasteiger partial charge on any atom is 0.256 e. The number of anilines is 1. The van der Waals surface area contributed by atoms with Gasteiger partial charge in [-0.05, 0) is 50.1 Å². The number of aromatic nitrogens is 3. The first kappa shape index (κ1) is 22.9. The Bertz CT molecular complexity index is 1150. The number of methoxy groups -OCH3 is 1. The number of rotatable bonds is 8. The number of amides is 1. The second-order valence-corrected chi connectivity index (χ2v) is 7.90. The van der Waals surface area contributed by atoms with Crippen LogP contribution in [0, 0.1) is 0 Å². The number of nitrogens with zero attached hydrogens (tertiary/aromatic N) is 4. The van der Waals surface area contributed by atoms with E-state index in [9.17, 15) is 4.79 Å². The summed E-state index contributed by atoms with van der Waals surface area (Å²) in [4.78, 5) is 19.8. The first-order valence-electron chi connectivity index (χ1n) is 11.1. The number of pyridine rings is 1. The minimum atomic E-state index is -0.417. The van der Waals surface area contributed by atoms with Gasteiger partial charge in [0, 0.05) is 29.7 Å². The van der Waals surface area contributed by atoms with Gasteiger partial charge in [-0.15, -0.1) is 5.10 Å². The van der Waals surface area contributed by atoms with E-state index in [-0.39, 0.29) is 18.6 Å². The quantitative estimate of drug-likeness (QED) is 0.517. The maximum atomic E-state index is 13.6. The van der Waals surface area contributed by atoms with Crippen LogP contribution in [0.2, 0.25) is 0 Å². The zero-order valence-electron chi connectivity index (χ0n) is 19.4. The lowest BCUT2D eigenvalue weighted by atomic mass is 10.00. The summed E-state index contributed by atoms with van der Waals surface area (Å²) in [6.45, 7) is 7.01. The predicted octanol–water partition coefficient (Wildman–Crippen LogP) is 3.62. The molecule has 1 aliphatic heterocycles. The topological polar surface area (TPSA) is 113 Å². The van der Waals surface area contributed by atoms with E-state index in [0.717, 1.165) is 22.0 Å². The fourth-order valence-electron chi connectivity index (χ4n) is 4.21. The van der Waals surface area contributed by atoms with Crippen LogP contribution in [0.1, 0.15) is 60.5 Å². The number of hydrogen-bond acceptors (Lipinski definition) is 8. The molecule has 0 saturated heterocycles. The van der Waals surface area contributed by atoms with Crippen LogP contribution in [0.5, 0.6) is 5.88 Å². The van der Waals surface area contributed by atoms with Gasteiger partial charge in [0.2, 0.25) is 5.88 Å². The number of nitrogens with two attached hydrogens (primary N) is 1. The molecule has 2 atom stereocenters. The fraction of sp³-hybridized carbons (Fsp3) is 0.417. The highest BCUT2D eigenvalue weighted by atomic mass is 16.5. The second kappa shape index (κ2) is 9.68. The van der Waals surface area contributed by atoms with Gasteiger partial charge in [0.1, 0.15) is 12.0 Å². The molecule has 0 radical (unpaired) electrons. The summed E-state index contributed by atoms with van der Waals surface area (Å²) in [5.41, 5.74) is 9.96. The normalized spacial score (nSPS) is 15.9. The van der Waals surface area contributed by atoms with Crippen molar-refractivity contribution in [2.45, 2.75) is 52.7 Å². The lowest BCUT2D eigenvalue weighted by Gasteiger charge is -2.30. The molecule has 9 nitrogen and oxygen atoms in total. The van der Waals surface area contributed by atoms with E-state index in [1.165, 1.54) is 0 Å². The Labute approximate surface area is 192 Å². The van der Waals surface area contributed by atoms with Crippen molar-refractivity contribution in [3.63, 3.8) is 0 Å². The highest BCUT2D eigenvalue weighted by molar-refractivity contribution is 5.99. The van der Waals surface area contributed by atoms with Gasteiger partial charge in [0.15, 0.2) is 0 Å². The van der Waals surface area contributed by atoms with E-state index in [0.29, 0.717) is 42.6 Å². The standard InChI is InChI=1S/C24H29N5O4/c1-5-21(31-4)29(12-16-8-10-20(28-27-16)32-6-2)24(30)15-7-9-19-17(11-15)18-13-33-14(3)22(18)23(25)26-19/h7-11,14,21H,5-6,12-13H2,1-4H3,(H2,25,26)/t14-,21?/m1/s1. The van der Waals surface area contributed by atoms with Crippen LogP contribution < -0.4 is 10.5 Å². The number of carbonyl (C=O) groups excluding carboxylic acids is 1. The van der Waals surface area contributed by atoms with Crippen LogP contribution >= 0.6 is 0 Å². The van der Waals surface area contributed by atoms with Crippen LogP contribution in [0.25, 0.3) is 10.9 Å². The highest BCUT2D eigenvalue weighted by Crippen LogP contribution is 2.38. The molecular formula is C24H29N5O4. The molecule has 2 N–H and O–H groups in total. The van der Waals surface area contributed by atoms with Gasteiger partial charge in [0.25, 0.3) is 5.91 Å². The minimum Gasteiger partial charge on any atom is -0.477 e. The second-order valence-electron chi connectivity index (χ2n) is 7.90. The van der Waals surface area contributed by atoms with Crippen molar-refractivity contribution >= 4 is 22.6 Å². The van der Waals surface area contributed by atoms with Crippen molar-refractivity contribution < 1.29 is 19.0 Å². The average Bonchev–Trinajstić information content (AvgIpc) is 3.22. The lowest BCUT2D eigenvalue weighted by Crippen LogP contribution is -2.41. The molecule has 1 aromatic carbocycles. The third-order valence-corrected chi connectivity index (χ3v) is 5.84. The molecule has 3 aromatic rings. The summed E-state index contributed by atoms with van der Waals surface area (Å²) in [6.07, 6.45) is 0.0863. The molecule has 0 fully saturated rings. The van der Waals surface area contributed by atoms with Gasteiger partial charge in [-0.1, -0.05) is 6.92 Å². The Morgan fingerprint density at radius 3 is 2.76 bits per heavy atom. The lowest BCUT2D eigenvalue weighted by molar-refractivity contribution is -0.0267. The van der Waals surface area contributed by atoms with Crippen molar-refractivity contribution in [3.8, 4) is 5.88 Å². The van der Waals surface area contributed by atoms with Gasteiger partial charge < -0.3 is 24.8 Å². The van der Waals surface area contributed by atoms with E-state index < -0.39 is 6.23 Å². The maximum absolute atomic E-state index is 13.6. The predicted molar refractivity (Wildman–Crippen MR) is 124 cm³/mol. The number of carbonyl (C=O) groups is 1. The number of benzene rings is 1. The third-order valence-electron chi connectivity index (χ3n) is 5.84. The van der Waals surface area contributed by atoms with Gasteiger partial charge in [0.05, 0.1) is 37.1 Å². The van der Waals surface area contributed by atoms with E-state index in [2.05, 4.69) is 15.2 Å². The summed E-state index contributed by atoms with van der Waals surface area (Å²) in [5, 5.41) is 9.17. The third kappa shape index (κ3) is 4.46. The molecule has 2 aromatic heterocycles. The van der Waals surface area contributed by atoms with E-state index in [1.54, 1.807) is 30.2 Å². The molecule has 3 heterocycles. The van der Waals surface area contributed by atoms with E-state index >= 15 is 0 Å². The monoisotopic (exact) mass is 451 g/mol. The number of fused-ring (bicyclic) bond motifs is 3. The summed E-state index contributed by atoms with van der Waals surface area (Å²) < 4.78 is 16.8. The summed E-state index contributed by atoms with van der Waals surface area (Å²) in [7, 11) is 1.59. The largest absolute Gasteiger partial charge is 0.477 e. The number of nitrogen functional groups attached to an aromatic ring is 1. The molecule has 0 spiro atoms. The van der Waals surface area contributed by atoms with Crippen molar-refractivity contribution in [3.05, 3.63) is 52.7 Å². The van der Waals surface area contributed by atoms with Crippen LogP contribution in [0.15, 0.2) is 30.3 Å². The SMILES string of the molecule is CCOc1ccc(CN(C(=O)c2ccc3nc(N)c4c(c3c2)CO[C@@H]4C)C(CC)OC)nn1. The zero-order chi connectivity index (χ0) is 23.5. The Kier molecular flexibility index (Phi) is 6.71. The molecule has 1 amide bonds. The Morgan fingerprint density at radius 2 is 2.09 bits per heavy atom. The van der Waals surface area contributed by atoms with Gasteiger partial charge >= 0.3 is 0 Å². The molecular weight excluding hydrogens is 422 g/mol. The minimum absolute atomic E-state index is 0.121. The van der Waals surface area contributed by atoms with Crippen LogP contribution in [-0.2, 0) is 22.6 Å². The highest BCUT2D eigenvalue weighted by Gasteiger charge is 2.28. The summed E-state index contributed by atoms with van der Waals surface area (Å²) >= 11 is 0. The molecule has 1 unspecified atom stereocenters. The van der Waals surface area contributed by atoms with E-state index in [4.69, 9.17) is 19.9 Å². The molecule has 33 heavy (non-hydrogen) atoms. The van der Waals surface area contributed by atoms with Crippen LogP contribution in [-0.4, -0.2) is 45.9 Å². The first-order valence-corrected chi connectivity index (χ1v) is 11.1. The zero-order valence-corrected chi connectivity index (χ0v) is 19.4. The smallest absolute Gasteiger partial charge is 0.256 e. The average molecular weight is 452 g/mol. The fourth-order valence-corrected chi connectivity index (χ4v) is 4.21. The molecule has 174 valence electrons. The molecule has 0 saturated carbocycles. The van der Waals surface area contributed by atoms with E-state index in [1.807, 2.05) is 32.9 Å². The molecule has 1 aliphatic rings. The van der Waals surface area contributed by atoms with Crippen LogP contribution in [0.4, 0.5) is 5.82 Å². The van der Waals surface area contributed by atoms with Gasteiger partial charge in [-0.25, -0.2) is 4.98 Å². The molecule has 9 heteroatoms. The molecule has 4 rings (SSSR count). The van der Waals surface area contributed by atoms with Crippen molar-refractivity contribution in [1.29, 1.82) is 0 Å². The Hall–Kier alpha value is -3.30. The van der Waals surface area contributed by atoms with Gasteiger partial charge in [-0.2, -0.15) is 5.10 Å². The summed E-state index contributed by atoms with van der Waals surface area (Å²) in [6, 6.07) is 9.01. The molecule has 0 aliphatic carbocycles. The Balaban J connectivity index is 1.69. The van der Waals surface area contributed by atoms with Crippen molar-refractivity contribution in [1.82, 2.24) is 20.1 Å². The van der Waals surface area contributed by atoms with Crippen molar-refractivity contribution in [2.24, 2.45) is 0 Å². The summed E-state index contributed by atoms with van der Waals surface area (Å²) in [5.74, 6) is 0.756. The first-order chi connectivity index (χ1) is 16.0. The number of ether oxygens (including phenoxy) is 3. The van der Waals surface area contributed by atoms with Crippen LogP contribution in [0.3, 0.4) is 0 Å².